The number of halogens is 5. The Balaban J connectivity index is 2.19. The zero-order chi connectivity index (χ0) is 20.9. The van der Waals surface area contributed by atoms with Crippen molar-refractivity contribution in [2.45, 2.75) is 19.1 Å². The molecular formula is C17H14BrClF3N5O. The van der Waals surface area contributed by atoms with Crippen LogP contribution in [0.25, 0.3) is 0 Å². The summed E-state index contributed by atoms with van der Waals surface area (Å²) in [6.07, 6.45) is -2.32. The second-order valence-electron chi connectivity index (χ2n) is 5.55. The van der Waals surface area contributed by atoms with Crippen LogP contribution in [0.15, 0.2) is 46.0 Å². The van der Waals surface area contributed by atoms with Gasteiger partial charge < -0.3 is 10.6 Å². The normalized spacial score (nSPS) is 13.0. The molecule has 1 amide bonds. The lowest BCUT2D eigenvalue weighted by Gasteiger charge is -2.18. The van der Waals surface area contributed by atoms with E-state index in [2.05, 4.69) is 36.5 Å². The van der Waals surface area contributed by atoms with Crippen LogP contribution in [0.3, 0.4) is 0 Å². The number of amidine groups is 1. The van der Waals surface area contributed by atoms with Gasteiger partial charge in [0.25, 0.3) is 5.91 Å². The summed E-state index contributed by atoms with van der Waals surface area (Å²) >= 11 is 8.96. The standard InChI is InChI=1S/C17H14BrClF3N5O/c1-9(15(25-8-23)27-14-3-2-12(18)7-24-14)26-16(28)10-4-11(17(20,21)22)6-13(19)5-10/h2-9H,1H3,(H,26,28)(H2,23,24,25,27)/t9-/m0/s1. The van der Waals surface area contributed by atoms with Crippen LogP contribution in [0, 0.1) is 5.41 Å². The minimum absolute atomic E-state index is 0.177. The van der Waals surface area contributed by atoms with Crippen LogP contribution in [0.5, 0.6) is 0 Å². The second kappa shape index (κ2) is 9.16. The van der Waals surface area contributed by atoms with Crippen molar-refractivity contribution in [3.63, 3.8) is 0 Å². The number of aliphatic imine (C=N–C) groups is 1. The van der Waals surface area contributed by atoms with E-state index in [-0.39, 0.29) is 16.4 Å². The molecule has 148 valence electrons. The van der Waals surface area contributed by atoms with E-state index in [1.165, 1.54) is 6.20 Å². The number of nitrogens with one attached hydrogen (secondary N) is 3. The zero-order valence-corrected chi connectivity index (χ0v) is 16.7. The molecule has 11 heteroatoms. The van der Waals surface area contributed by atoms with Crippen LogP contribution in [-0.2, 0) is 6.18 Å². The fraction of sp³-hybridized carbons (Fsp3) is 0.176. The number of rotatable bonds is 5. The molecule has 0 aliphatic heterocycles. The number of hydrogen-bond donors (Lipinski definition) is 3. The van der Waals surface area contributed by atoms with Gasteiger partial charge in [-0.3, -0.25) is 10.2 Å². The molecule has 28 heavy (non-hydrogen) atoms. The Morgan fingerprint density at radius 1 is 1.36 bits per heavy atom. The maximum absolute atomic E-state index is 12.9. The molecule has 0 saturated carbocycles. The van der Waals surface area contributed by atoms with Gasteiger partial charge in [-0.05, 0) is 53.2 Å². The van der Waals surface area contributed by atoms with Crippen molar-refractivity contribution in [3.8, 4) is 0 Å². The van der Waals surface area contributed by atoms with Gasteiger partial charge in [-0.2, -0.15) is 13.2 Å². The number of nitrogens with zero attached hydrogens (tertiary/aromatic N) is 2. The van der Waals surface area contributed by atoms with Gasteiger partial charge in [-0.15, -0.1) is 0 Å². The highest BCUT2D eigenvalue weighted by Gasteiger charge is 2.32. The number of pyridine rings is 1. The molecule has 1 heterocycles. The minimum Gasteiger partial charge on any atom is -0.342 e. The summed E-state index contributed by atoms with van der Waals surface area (Å²) in [7, 11) is 0. The number of amides is 1. The first-order valence-electron chi connectivity index (χ1n) is 7.74. The topological polar surface area (TPSA) is 90.2 Å². The summed E-state index contributed by atoms with van der Waals surface area (Å²) in [5.74, 6) is -0.188. The third kappa shape index (κ3) is 6.03. The summed E-state index contributed by atoms with van der Waals surface area (Å²) in [5.41, 5.74) is -1.27. The highest BCUT2D eigenvalue weighted by atomic mass is 79.9. The Morgan fingerprint density at radius 2 is 2.07 bits per heavy atom. The van der Waals surface area contributed by atoms with Crippen LogP contribution in [0.1, 0.15) is 22.8 Å². The summed E-state index contributed by atoms with van der Waals surface area (Å²) < 4.78 is 39.5. The van der Waals surface area contributed by atoms with E-state index in [1.807, 2.05) is 0 Å². The highest BCUT2D eigenvalue weighted by Crippen LogP contribution is 2.31. The molecule has 1 aromatic heterocycles. The van der Waals surface area contributed by atoms with Gasteiger partial charge in [0.2, 0.25) is 0 Å². The molecule has 6 nitrogen and oxygen atoms in total. The first-order chi connectivity index (χ1) is 13.1. The van der Waals surface area contributed by atoms with E-state index < -0.39 is 23.7 Å². The second-order valence-corrected chi connectivity index (χ2v) is 6.90. The Labute approximate surface area is 171 Å². The van der Waals surface area contributed by atoms with E-state index in [1.54, 1.807) is 19.1 Å². The third-order valence-electron chi connectivity index (χ3n) is 3.43. The lowest BCUT2D eigenvalue weighted by Crippen LogP contribution is -2.42. The number of aromatic nitrogens is 1. The summed E-state index contributed by atoms with van der Waals surface area (Å²) in [4.78, 5) is 20.3. The number of anilines is 1. The monoisotopic (exact) mass is 475 g/mol. The molecular weight excluding hydrogens is 463 g/mol. The number of carbonyl (C=O) groups is 1. The fourth-order valence-corrected chi connectivity index (χ4v) is 2.61. The van der Waals surface area contributed by atoms with E-state index in [0.29, 0.717) is 11.9 Å². The van der Waals surface area contributed by atoms with Crippen molar-refractivity contribution in [2.75, 3.05) is 5.32 Å². The number of hydrogen-bond acceptors (Lipinski definition) is 3. The average molecular weight is 477 g/mol. The van der Waals surface area contributed by atoms with Gasteiger partial charge >= 0.3 is 6.18 Å². The molecule has 0 fully saturated rings. The van der Waals surface area contributed by atoms with Crippen LogP contribution in [0.4, 0.5) is 19.0 Å². The molecule has 0 bridgehead atoms. The van der Waals surface area contributed by atoms with Crippen molar-refractivity contribution < 1.29 is 18.0 Å². The molecule has 0 spiro atoms. The van der Waals surface area contributed by atoms with Gasteiger partial charge in [0, 0.05) is 21.3 Å². The van der Waals surface area contributed by atoms with Gasteiger partial charge in [0.1, 0.15) is 18.0 Å². The first kappa shape index (κ1) is 21.8. The molecule has 2 rings (SSSR count). The van der Waals surface area contributed by atoms with Crippen LogP contribution < -0.4 is 10.6 Å². The summed E-state index contributed by atoms with van der Waals surface area (Å²) in [6.45, 7) is 1.56. The van der Waals surface area contributed by atoms with Crippen molar-refractivity contribution in [2.24, 2.45) is 4.99 Å². The quantitative estimate of drug-likeness (QED) is 0.430. The van der Waals surface area contributed by atoms with Crippen molar-refractivity contribution in [1.29, 1.82) is 5.41 Å². The van der Waals surface area contributed by atoms with E-state index in [9.17, 15) is 18.0 Å². The molecule has 0 unspecified atom stereocenters. The highest BCUT2D eigenvalue weighted by molar-refractivity contribution is 9.10. The molecule has 1 aromatic carbocycles. The molecule has 0 saturated heterocycles. The number of carbonyl (C=O) groups excluding carboxylic acids is 1. The predicted molar refractivity (Wildman–Crippen MR) is 105 cm³/mol. The first-order valence-corrected chi connectivity index (χ1v) is 8.91. The maximum atomic E-state index is 12.9. The third-order valence-corrected chi connectivity index (χ3v) is 4.12. The molecule has 1 atom stereocenters. The SMILES string of the molecule is C[C@H](NC(=O)c1cc(Cl)cc(C(F)(F)F)c1)/C(=N/C=N)Nc1ccc(Br)cn1. The summed E-state index contributed by atoms with van der Waals surface area (Å²) in [5, 5.41) is 12.3. The van der Waals surface area contributed by atoms with Gasteiger partial charge in [-0.1, -0.05) is 11.6 Å². The Hall–Kier alpha value is -2.46. The largest absolute Gasteiger partial charge is 0.416 e. The Morgan fingerprint density at radius 3 is 2.64 bits per heavy atom. The number of alkyl halides is 3. The van der Waals surface area contributed by atoms with Crippen molar-refractivity contribution in [3.05, 3.63) is 57.2 Å². The zero-order valence-electron chi connectivity index (χ0n) is 14.3. The molecule has 0 aliphatic rings. The number of benzene rings is 1. The van der Waals surface area contributed by atoms with Crippen LogP contribution in [-0.4, -0.2) is 29.1 Å². The van der Waals surface area contributed by atoms with Crippen molar-refractivity contribution >= 4 is 51.4 Å². The van der Waals surface area contributed by atoms with Crippen molar-refractivity contribution in [1.82, 2.24) is 10.3 Å². The van der Waals surface area contributed by atoms with Gasteiger partial charge in [0.15, 0.2) is 0 Å². The van der Waals surface area contributed by atoms with Gasteiger partial charge in [0.05, 0.1) is 11.6 Å². The Bertz CT molecular complexity index is 903. The molecule has 3 N–H and O–H groups in total. The lowest BCUT2D eigenvalue weighted by molar-refractivity contribution is -0.137. The fourth-order valence-electron chi connectivity index (χ4n) is 2.14. The van der Waals surface area contributed by atoms with E-state index in [0.717, 1.165) is 22.9 Å². The minimum atomic E-state index is -4.63. The average Bonchev–Trinajstić information content (AvgIpc) is 2.61. The molecule has 2 aromatic rings. The van der Waals surface area contributed by atoms with Crippen LogP contribution in [0.2, 0.25) is 5.02 Å². The lowest BCUT2D eigenvalue weighted by atomic mass is 10.1. The van der Waals surface area contributed by atoms with E-state index >= 15 is 0 Å². The molecule has 0 aliphatic carbocycles. The summed E-state index contributed by atoms with van der Waals surface area (Å²) in [6, 6.07) is 5.20. The van der Waals surface area contributed by atoms with E-state index in [4.69, 9.17) is 17.0 Å². The van der Waals surface area contributed by atoms with Gasteiger partial charge in [-0.25, -0.2) is 9.98 Å². The van der Waals surface area contributed by atoms with Crippen LogP contribution >= 0.6 is 27.5 Å². The maximum Gasteiger partial charge on any atom is 0.416 e. The molecule has 0 radical (unpaired) electrons. The smallest absolute Gasteiger partial charge is 0.342 e. The Kier molecular flexibility index (Phi) is 7.14. The predicted octanol–water partition coefficient (Wildman–Crippen LogP) is 4.75.